The van der Waals surface area contributed by atoms with Crippen molar-refractivity contribution in [1.29, 1.82) is 0 Å². The minimum atomic E-state index is -0.392. The van der Waals surface area contributed by atoms with Gasteiger partial charge in [-0.2, -0.15) is 0 Å². The molecule has 3 N–H and O–H groups in total. The first-order valence-corrected chi connectivity index (χ1v) is 8.76. The molecule has 0 saturated carbocycles. The Labute approximate surface area is 149 Å². The van der Waals surface area contributed by atoms with Gasteiger partial charge in [0, 0.05) is 18.3 Å². The van der Waals surface area contributed by atoms with E-state index in [1.165, 1.54) is 5.56 Å². The highest BCUT2D eigenvalue weighted by Crippen LogP contribution is 2.14. The van der Waals surface area contributed by atoms with Crippen molar-refractivity contribution in [3.63, 3.8) is 0 Å². The van der Waals surface area contributed by atoms with Gasteiger partial charge in [0.25, 0.3) is 0 Å². The van der Waals surface area contributed by atoms with Crippen molar-refractivity contribution in [3.05, 3.63) is 47.2 Å². The third-order valence-electron chi connectivity index (χ3n) is 4.20. The molecule has 1 aromatic rings. The SMILES string of the molecule is CCOC(=O)C1=C(CN[C@@H](C)CCc2ccccc2)NC(=O)N[C@H]1C. The van der Waals surface area contributed by atoms with Gasteiger partial charge in [-0.25, -0.2) is 9.59 Å². The summed E-state index contributed by atoms with van der Waals surface area (Å²) >= 11 is 0. The Hall–Kier alpha value is -2.34. The van der Waals surface area contributed by atoms with Gasteiger partial charge in [0.05, 0.1) is 18.2 Å². The molecule has 0 aromatic heterocycles. The normalized spacial score (nSPS) is 18.4. The van der Waals surface area contributed by atoms with E-state index in [1.54, 1.807) is 13.8 Å². The number of hydrogen-bond acceptors (Lipinski definition) is 4. The van der Waals surface area contributed by atoms with Crippen molar-refractivity contribution in [2.75, 3.05) is 13.2 Å². The molecule has 2 atom stereocenters. The molecule has 0 unspecified atom stereocenters. The van der Waals surface area contributed by atoms with Gasteiger partial charge in [-0.3, -0.25) is 0 Å². The number of ether oxygens (including phenoxy) is 1. The maximum absolute atomic E-state index is 12.2. The van der Waals surface area contributed by atoms with Crippen LogP contribution >= 0.6 is 0 Å². The van der Waals surface area contributed by atoms with Crippen molar-refractivity contribution in [2.24, 2.45) is 0 Å². The molecule has 136 valence electrons. The molecule has 6 heteroatoms. The number of amides is 2. The molecule has 2 amide bonds. The summed E-state index contributed by atoms with van der Waals surface area (Å²) in [6.07, 6.45) is 1.94. The lowest BCUT2D eigenvalue weighted by molar-refractivity contribution is -0.139. The average Bonchev–Trinajstić information content (AvgIpc) is 2.58. The van der Waals surface area contributed by atoms with Gasteiger partial charge < -0.3 is 20.7 Å². The van der Waals surface area contributed by atoms with Crippen LogP contribution in [0.2, 0.25) is 0 Å². The zero-order chi connectivity index (χ0) is 18.2. The lowest BCUT2D eigenvalue weighted by Crippen LogP contribution is -2.51. The van der Waals surface area contributed by atoms with Gasteiger partial charge in [-0.05, 0) is 39.2 Å². The second kappa shape index (κ2) is 9.22. The maximum atomic E-state index is 12.2. The number of hydrogen-bond donors (Lipinski definition) is 3. The van der Waals surface area contributed by atoms with Gasteiger partial charge in [0.2, 0.25) is 0 Å². The molecule has 0 bridgehead atoms. The Balaban J connectivity index is 1.95. The molecule has 1 aliphatic rings. The molecule has 1 heterocycles. The summed E-state index contributed by atoms with van der Waals surface area (Å²) in [5.74, 6) is -0.392. The summed E-state index contributed by atoms with van der Waals surface area (Å²) in [4.78, 5) is 23.9. The Kier molecular flexibility index (Phi) is 7.01. The van der Waals surface area contributed by atoms with Crippen LogP contribution in [0.25, 0.3) is 0 Å². The highest BCUT2D eigenvalue weighted by Gasteiger charge is 2.29. The summed E-state index contributed by atoms with van der Waals surface area (Å²) in [5, 5.41) is 8.81. The molecular weight excluding hydrogens is 318 g/mol. The monoisotopic (exact) mass is 345 g/mol. The van der Waals surface area contributed by atoms with Crippen LogP contribution in [0.1, 0.15) is 32.8 Å². The van der Waals surface area contributed by atoms with Gasteiger partial charge in [-0.1, -0.05) is 30.3 Å². The first-order valence-electron chi connectivity index (χ1n) is 8.76. The molecule has 6 nitrogen and oxygen atoms in total. The summed E-state index contributed by atoms with van der Waals surface area (Å²) in [7, 11) is 0. The summed E-state index contributed by atoms with van der Waals surface area (Å²) in [6, 6.07) is 9.89. The van der Waals surface area contributed by atoms with Crippen LogP contribution in [0.15, 0.2) is 41.6 Å². The van der Waals surface area contributed by atoms with Crippen LogP contribution in [-0.2, 0) is 16.0 Å². The van der Waals surface area contributed by atoms with Crippen LogP contribution in [-0.4, -0.2) is 37.2 Å². The molecule has 1 aromatic carbocycles. The Morgan fingerprint density at radius 1 is 1.32 bits per heavy atom. The lowest BCUT2D eigenvalue weighted by atomic mass is 10.0. The number of esters is 1. The van der Waals surface area contributed by atoms with Crippen LogP contribution in [0, 0.1) is 0 Å². The zero-order valence-corrected chi connectivity index (χ0v) is 15.1. The third kappa shape index (κ3) is 5.60. The highest BCUT2D eigenvalue weighted by molar-refractivity contribution is 5.94. The zero-order valence-electron chi connectivity index (χ0n) is 15.1. The van der Waals surface area contributed by atoms with Crippen LogP contribution in [0.5, 0.6) is 0 Å². The Morgan fingerprint density at radius 2 is 2.04 bits per heavy atom. The largest absolute Gasteiger partial charge is 0.463 e. The predicted octanol–water partition coefficient (Wildman–Crippen LogP) is 2.12. The fourth-order valence-electron chi connectivity index (χ4n) is 2.83. The number of urea groups is 1. The number of rotatable bonds is 8. The van der Waals surface area contributed by atoms with E-state index in [9.17, 15) is 9.59 Å². The van der Waals surface area contributed by atoms with Crippen molar-refractivity contribution in [1.82, 2.24) is 16.0 Å². The van der Waals surface area contributed by atoms with E-state index >= 15 is 0 Å². The number of carbonyl (C=O) groups is 2. The van der Waals surface area contributed by atoms with E-state index in [0.29, 0.717) is 24.4 Å². The highest BCUT2D eigenvalue weighted by atomic mass is 16.5. The molecule has 25 heavy (non-hydrogen) atoms. The average molecular weight is 345 g/mol. The first kappa shape index (κ1) is 19.0. The van der Waals surface area contributed by atoms with Crippen molar-refractivity contribution in [2.45, 2.75) is 45.7 Å². The standard InChI is InChI=1S/C19H27N3O3/c1-4-25-18(23)17-14(3)21-19(24)22-16(17)12-20-13(2)10-11-15-8-6-5-7-9-15/h5-9,13-14,20H,4,10-12H2,1-3H3,(H2,21,22,24)/t13-,14-/m0/s1. The number of nitrogens with one attached hydrogen (secondary N) is 3. The number of benzene rings is 1. The lowest BCUT2D eigenvalue weighted by Gasteiger charge is -2.27. The molecule has 0 radical (unpaired) electrons. The summed E-state index contributed by atoms with van der Waals surface area (Å²) in [6.45, 7) is 6.37. The third-order valence-corrected chi connectivity index (χ3v) is 4.20. The van der Waals surface area contributed by atoms with Gasteiger partial charge in [0.1, 0.15) is 0 Å². The molecule has 0 fully saturated rings. The van der Waals surface area contributed by atoms with E-state index in [4.69, 9.17) is 4.74 Å². The second-order valence-electron chi connectivity index (χ2n) is 6.24. The molecule has 0 aliphatic carbocycles. The van der Waals surface area contributed by atoms with Gasteiger partial charge in [0.15, 0.2) is 0 Å². The smallest absolute Gasteiger partial charge is 0.337 e. The van der Waals surface area contributed by atoms with E-state index < -0.39 is 5.97 Å². The number of carbonyl (C=O) groups excluding carboxylic acids is 2. The van der Waals surface area contributed by atoms with E-state index in [2.05, 4.69) is 35.0 Å². The summed E-state index contributed by atoms with van der Waals surface area (Å²) in [5.41, 5.74) is 2.36. The van der Waals surface area contributed by atoms with Gasteiger partial charge in [-0.15, -0.1) is 0 Å². The molecule has 1 aliphatic heterocycles. The molecule has 2 rings (SSSR count). The van der Waals surface area contributed by atoms with Crippen LogP contribution in [0.3, 0.4) is 0 Å². The van der Waals surface area contributed by atoms with Crippen molar-refractivity contribution >= 4 is 12.0 Å². The minimum Gasteiger partial charge on any atom is -0.463 e. The topological polar surface area (TPSA) is 79.5 Å². The van der Waals surface area contributed by atoms with E-state index in [-0.39, 0.29) is 18.1 Å². The van der Waals surface area contributed by atoms with E-state index in [1.807, 2.05) is 18.2 Å². The quantitative estimate of drug-likeness (QED) is 0.631. The summed E-state index contributed by atoms with van der Waals surface area (Å²) < 4.78 is 5.11. The molecule has 0 saturated heterocycles. The van der Waals surface area contributed by atoms with Crippen molar-refractivity contribution in [3.8, 4) is 0 Å². The maximum Gasteiger partial charge on any atom is 0.337 e. The molecule has 0 spiro atoms. The van der Waals surface area contributed by atoms with Crippen molar-refractivity contribution < 1.29 is 14.3 Å². The fourth-order valence-corrected chi connectivity index (χ4v) is 2.83. The van der Waals surface area contributed by atoms with Gasteiger partial charge >= 0.3 is 12.0 Å². The molecular formula is C19H27N3O3. The van der Waals surface area contributed by atoms with Crippen LogP contribution in [0.4, 0.5) is 4.79 Å². The minimum absolute atomic E-state index is 0.248. The first-order chi connectivity index (χ1) is 12.0. The van der Waals surface area contributed by atoms with E-state index in [0.717, 1.165) is 12.8 Å². The Morgan fingerprint density at radius 3 is 2.72 bits per heavy atom. The fraction of sp³-hybridized carbons (Fsp3) is 0.474. The van der Waals surface area contributed by atoms with Crippen LogP contribution < -0.4 is 16.0 Å². The predicted molar refractivity (Wildman–Crippen MR) is 97.0 cm³/mol. The second-order valence-corrected chi connectivity index (χ2v) is 6.24. The Bertz CT molecular complexity index is 628. The number of aryl methyl sites for hydroxylation is 1.